The number of fused-ring (bicyclic) bond motifs is 1. The summed E-state index contributed by atoms with van der Waals surface area (Å²) in [6.45, 7) is 0. The van der Waals surface area contributed by atoms with E-state index >= 15 is 4.39 Å². The number of hydrogen-bond acceptors (Lipinski definition) is 5. The molecule has 6 nitrogen and oxygen atoms in total. The number of nitrogens with zero attached hydrogens (tertiary/aromatic N) is 5. The highest BCUT2D eigenvalue weighted by Gasteiger charge is 2.34. The first kappa shape index (κ1) is 17.1. The minimum Gasteiger partial charge on any atom is -0.279 e. The molecule has 1 saturated heterocycles. The maximum absolute atomic E-state index is 15.0. The molecule has 0 radical (unpaired) electrons. The smallest absolute Gasteiger partial charge is 0.224 e. The van der Waals surface area contributed by atoms with Crippen LogP contribution in [0, 0.1) is 5.82 Å². The van der Waals surface area contributed by atoms with Crippen molar-refractivity contribution in [2.75, 3.05) is 11.5 Å². The van der Waals surface area contributed by atoms with E-state index in [4.69, 9.17) is 11.6 Å². The summed E-state index contributed by atoms with van der Waals surface area (Å²) < 4.78 is 33.9. The normalized spacial score (nSPS) is 18.9. The van der Waals surface area contributed by atoms with Crippen LogP contribution >= 0.6 is 11.6 Å². The molecule has 0 amide bonds. The van der Waals surface area contributed by atoms with E-state index in [1.54, 1.807) is 22.8 Å². The van der Waals surface area contributed by atoms with Crippen LogP contribution in [0.25, 0.3) is 16.9 Å². The second-order valence-corrected chi connectivity index (χ2v) is 9.90. The first-order valence-electron chi connectivity index (χ1n) is 8.96. The van der Waals surface area contributed by atoms with Gasteiger partial charge in [-0.3, -0.25) is 4.57 Å². The van der Waals surface area contributed by atoms with E-state index in [1.165, 1.54) is 6.20 Å². The van der Waals surface area contributed by atoms with Gasteiger partial charge in [-0.15, -0.1) is 0 Å². The largest absolute Gasteiger partial charge is 0.279 e. The van der Waals surface area contributed by atoms with E-state index in [-0.39, 0.29) is 17.0 Å². The van der Waals surface area contributed by atoms with Crippen LogP contribution < -0.4 is 0 Å². The van der Waals surface area contributed by atoms with E-state index in [0.717, 1.165) is 25.7 Å². The third-order valence-corrected chi connectivity index (χ3v) is 7.56. The molecule has 4 heterocycles. The molecule has 0 atom stereocenters. The first-order valence-corrected chi connectivity index (χ1v) is 11.2. The van der Waals surface area contributed by atoms with Crippen molar-refractivity contribution in [3.63, 3.8) is 0 Å². The fraction of sp³-hybridized carbons (Fsp3) is 0.389. The average molecular weight is 406 g/mol. The molecule has 0 N–H and O–H groups in total. The zero-order chi connectivity index (χ0) is 18.6. The molecule has 1 saturated carbocycles. The van der Waals surface area contributed by atoms with Crippen molar-refractivity contribution in [3.8, 4) is 5.82 Å². The topological polar surface area (TPSA) is 73.0 Å². The van der Waals surface area contributed by atoms with Crippen LogP contribution in [-0.2, 0) is 9.73 Å². The molecular weight excluding hydrogens is 389 g/mol. The second-order valence-electron chi connectivity index (χ2n) is 7.02. The van der Waals surface area contributed by atoms with Gasteiger partial charge in [0.05, 0.1) is 20.8 Å². The number of hydrogen-bond donors (Lipinski definition) is 0. The van der Waals surface area contributed by atoms with Crippen molar-refractivity contribution in [2.24, 2.45) is 4.36 Å². The van der Waals surface area contributed by atoms with Crippen molar-refractivity contribution in [2.45, 2.75) is 31.6 Å². The Morgan fingerprint density at radius 1 is 1.22 bits per heavy atom. The Bertz CT molecular complexity index is 1170. The Morgan fingerprint density at radius 2 is 2.00 bits per heavy atom. The van der Waals surface area contributed by atoms with Crippen LogP contribution in [-0.4, -0.2) is 35.2 Å². The summed E-state index contributed by atoms with van der Waals surface area (Å²) in [4.78, 5) is 12.7. The summed E-state index contributed by atoms with van der Waals surface area (Å²) in [7, 11) is -2.23. The van der Waals surface area contributed by atoms with E-state index in [1.807, 2.05) is 0 Å². The van der Waals surface area contributed by atoms with Crippen LogP contribution in [0.1, 0.15) is 37.3 Å². The summed E-state index contributed by atoms with van der Waals surface area (Å²) in [5, 5.41) is 0.380. The summed E-state index contributed by atoms with van der Waals surface area (Å²) in [5.41, 5.74) is 0.945. The third kappa shape index (κ3) is 3.00. The molecule has 2 fully saturated rings. The van der Waals surface area contributed by atoms with Gasteiger partial charge in [-0.05, 0) is 49.4 Å². The highest BCUT2D eigenvalue weighted by atomic mass is 35.5. The van der Waals surface area contributed by atoms with E-state index in [9.17, 15) is 4.21 Å². The van der Waals surface area contributed by atoms with Crippen LogP contribution in [0.3, 0.4) is 0 Å². The Balaban J connectivity index is 1.72. The predicted molar refractivity (Wildman–Crippen MR) is 103 cm³/mol. The standard InChI is InChI=1S/C18H17ClFN5OS/c19-18-21-10-12-15(20)16(11-6-7-11)25(17(12)23-18)14-5-3-4-13(22-14)24-27(26)8-1-2-9-27/h3-5,10-11H,1-2,6-9H2. The molecule has 0 unspecified atom stereocenters. The summed E-state index contributed by atoms with van der Waals surface area (Å²) in [6, 6.07) is 5.30. The van der Waals surface area contributed by atoms with Gasteiger partial charge in [-0.25, -0.2) is 18.6 Å². The molecule has 3 aromatic rings. The second kappa shape index (κ2) is 6.24. The van der Waals surface area contributed by atoms with E-state index in [0.29, 0.717) is 39.9 Å². The van der Waals surface area contributed by atoms with Crippen molar-refractivity contribution < 1.29 is 8.60 Å². The third-order valence-electron chi connectivity index (χ3n) is 5.00. The number of pyridine rings is 1. The van der Waals surface area contributed by atoms with Crippen molar-refractivity contribution >= 4 is 38.2 Å². The van der Waals surface area contributed by atoms with Crippen LogP contribution in [0.4, 0.5) is 10.2 Å². The molecule has 1 aliphatic carbocycles. The summed E-state index contributed by atoms with van der Waals surface area (Å²) in [6.07, 6.45) is 5.11. The fourth-order valence-corrected chi connectivity index (χ4v) is 5.85. The van der Waals surface area contributed by atoms with Gasteiger partial charge in [-0.1, -0.05) is 6.07 Å². The van der Waals surface area contributed by atoms with E-state index in [2.05, 4.69) is 19.3 Å². The molecule has 2 aliphatic rings. The highest BCUT2D eigenvalue weighted by molar-refractivity contribution is 7.93. The average Bonchev–Trinajstić information content (AvgIpc) is 3.33. The number of aromatic nitrogens is 4. The molecule has 5 rings (SSSR count). The Labute approximate surface area is 161 Å². The maximum atomic E-state index is 15.0. The minimum atomic E-state index is -2.23. The van der Waals surface area contributed by atoms with Crippen LogP contribution in [0.2, 0.25) is 5.28 Å². The van der Waals surface area contributed by atoms with Gasteiger partial charge in [0.25, 0.3) is 0 Å². The van der Waals surface area contributed by atoms with Gasteiger partial charge < -0.3 is 0 Å². The zero-order valence-corrected chi connectivity index (χ0v) is 16.0. The SMILES string of the molecule is O=S1(=Nc2cccc(-n3c(C4CC4)c(F)c4cnc(Cl)nc43)n2)CCCC1. The minimum absolute atomic E-state index is 0.0540. The maximum Gasteiger partial charge on any atom is 0.224 e. The Kier molecular flexibility index (Phi) is 3.94. The van der Waals surface area contributed by atoms with Crippen molar-refractivity contribution in [3.05, 3.63) is 41.2 Å². The number of halogens is 2. The molecular formula is C18H17ClFN5OS. The zero-order valence-electron chi connectivity index (χ0n) is 14.4. The van der Waals surface area contributed by atoms with E-state index < -0.39 is 9.73 Å². The van der Waals surface area contributed by atoms with Gasteiger partial charge in [0, 0.05) is 23.6 Å². The molecule has 3 aromatic heterocycles. The van der Waals surface area contributed by atoms with Gasteiger partial charge in [-0.2, -0.15) is 9.35 Å². The van der Waals surface area contributed by atoms with Gasteiger partial charge in [0.2, 0.25) is 5.28 Å². The van der Waals surface area contributed by atoms with Gasteiger partial charge in [0.15, 0.2) is 17.3 Å². The lowest BCUT2D eigenvalue weighted by molar-refractivity contribution is 0.613. The Hall–Kier alpha value is -2.06. The molecule has 27 heavy (non-hydrogen) atoms. The molecule has 0 aromatic carbocycles. The van der Waals surface area contributed by atoms with Crippen LogP contribution in [0.5, 0.6) is 0 Å². The molecule has 1 aliphatic heterocycles. The monoisotopic (exact) mass is 405 g/mol. The summed E-state index contributed by atoms with van der Waals surface area (Å²) in [5.74, 6) is 1.93. The molecule has 0 bridgehead atoms. The first-order chi connectivity index (χ1) is 13.0. The highest BCUT2D eigenvalue weighted by Crippen LogP contribution is 2.45. The molecule has 140 valence electrons. The summed E-state index contributed by atoms with van der Waals surface area (Å²) >= 11 is 5.96. The number of rotatable bonds is 3. The van der Waals surface area contributed by atoms with Crippen LogP contribution in [0.15, 0.2) is 28.8 Å². The van der Waals surface area contributed by atoms with Gasteiger partial charge in [0.1, 0.15) is 5.82 Å². The Morgan fingerprint density at radius 3 is 2.74 bits per heavy atom. The van der Waals surface area contributed by atoms with Crippen molar-refractivity contribution in [1.29, 1.82) is 0 Å². The van der Waals surface area contributed by atoms with Gasteiger partial charge >= 0.3 is 0 Å². The lowest BCUT2D eigenvalue weighted by Gasteiger charge is -2.09. The van der Waals surface area contributed by atoms with Crippen molar-refractivity contribution in [1.82, 2.24) is 19.5 Å². The predicted octanol–water partition coefficient (Wildman–Crippen LogP) is 4.38. The lowest BCUT2D eigenvalue weighted by Crippen LogP contribution is -2.04. The molecule has 0 spiro atoms. The lowest BCUT2D eigenvalue weighted by atomic mass is 10.2. The fourth-order valence-electron chi connectivity index (χ4n) is 3.58. The quantitative estimate of drug-likeness (QED) is 0.606. The molecule has 9 heteroatoms.